The summed E-state index contributed by atoms with van der Waals surface area (Å²) >= 11 is 2.03. The molecule has 0 amide bonds. The van der Waals surface area contributed by atoms with Crippen molar-refractivity contribution in [1.29, 1.82) is 0 Å². The first-order chi connectivity index (χ1) is 8.20. The molecule has 18 heavy (non-hydrogen) atoms. The van der Waals surface area contributed by atoms with Crippen LogP contribution < -0.4 is 0 Å². The topological polar surface area (TPSA) is 12.9 Å². The Kier molecular flexibility index (Phi) is 5.27. The Bertz CT molecular complexity index is 371. The lowest BCUT2D eigenvalue weighted by atomic mass is 9.85. The van der Waals surface area contributed by atoms with Crippen LogP contribution in [0, 0.1) is 5.41 Å². The van der Waals surface area contributed by atoms with Gasteiger partial charge in [0.15, 0.2) is 0 Å². The summed E-state index contributed by atoms with van der Waals surface area (Å²) in [4.78, 5) is 4.57. The number of aryl methyl sites for hydroxylation is 1. The van der Waals surface area contributed by atoms with E-state index in [4.69, 9.17) is 0 Å². The summed E-state index contributed by atoms with van der Waals surface area (Å²) in [5, 5.41) is 0. The van der Waals surface area contributed by atoms with Gasteiger partial charge in [-0.05, 0) is 40.4 Å². The van der Waals surface area contributed by atoms with E-state index in [9.17, 15) is 0 Å². The van der Waals surface area contributed by atoms with Crippen molar-refractivity contribution in [2.24, 2.45) is 5.41 Å². The van der Waals surface area contributed by atoms with Gasteiger partial charge in [0.1, 0.15) is 0 Å². The van der Waals surface area contributed by atoms with Gasteiger partial charge in [-0.3, -0.25) is 4.98 Å². The van der Waals surface area contributed by atoms with Gasteiger partial charge in [-0.2, -0.15) is 11.8 Å². The van der Waals surface area contributed by atoms with Crippen molar-refractivity contribution in [3.63, 3.8) is 0 Å². The Morgan fingerprint density at radius 2 is 1.78 bits per heavy atom. The molecular formula is C16H27NS. The maximum Gasteiger partial charge on any atom is 0.0449 e. The molecule has 1 aromatic heterocycles. The smallest absolute Gasteiger partial charge is 0.0449 e. The fraction of sp³-hybridized carbons (Fsp3) is 0.688. The van der Waals surface area contributed by atoms with Crippen molar-refractivity contribution in [2.75, 3.05) is 11.5 Å². The van der Waals surface area contributed by atoms with E-state index in [2.05, 4.69) is 52.6 Å². The number of rotatable bonds is 4. The molecule has 0 aliphatic heterocycles. The second-order valence-electron chi connectivity index (χ2n) is 7.11. The Morgan fingerprint density at radius 1 is 1.11 bits per heavy atom. The summed E-state index contributed by atoms with van der Waals surface area (Å²) in [5.74, 6) is 2.38. The number of hydrogen-bond acceptors (Lipinski definition) is 2. The van der Waals surface area contributed by atoms with E-state index in [1.807, 2.05) is 24.0 Å². The molecule has 0 saturated heterocycles. The van der Waals surface area contributed by atoms with E-state index >= 15 is 0 Å². The minimum absolute atomic E-state index is 0.193. The van der Waals surface area contributed by atoms with Crippen molar-refractivity contribution in [2.45, 2.75) is 53.4 Å². The van der Waals surface area contributed by atoms with Crippen LogP contribution in [0.3, 0.4) is 0 Å². The quantitative estimate of drug-likeness (QED) is 0.732. The Labute approximate surface area is 117 Å². The zero-order chi connectivity index (χ0) is 13.8. The Morgan fingerprint density at radius 3 is 2.33 bits per heavy atom. The van der Waals surface area contributed by atoms with Gasteiger partial charge >= 0.3 is 0 Å². The molecule has 0 bridgehead atoms. The van der Waals surface area contributed by atoms with E-state index in [-0.39, 0.29) is 5.41 Å². The van der Waals surface area contributed by atoms with Gasteiger partial charge in [-0.15, -0.1) is 0 Å². The van der Waals surface area contributed by atoms with E-state index < -0.39 is 0 Å². The standard InChI is InChI=1S/C16H27NS/c1-15(2,3)12-18-11-9-14-13(16(4,5)6)8-7-10-17-14/h7-8,10H,9,11-12H2,1-6H3. The fourth-order valence-electron chi connectivity index (χ4n) is 1.87. The SMILES string of the molecule is CC(C)(C)CSCCc1ncccc1C(C)(C)C. The molecule has 0 spiro atoms. The fourth-order valence-corrected chi connectivity index (χ4v) is 2.96. The molecule has 0 fully saturated rings. The van der Waals surface area contributed by atoms with Crippen LogP contribution >= 0.6 is 11.8 Å². The molecule has 0 aliphatic carbocycles. The van der Waals surface area contributed by atoms with Crippen molar-refractivity contribution >= 4 is 11.8 Å². The predicted molar refractivity (Wildman–Crippen MR) is 83.4 cm³/mol. The highest BCUT2D eigenvalue weighted by atomic mass is 32.2. The zero-order valence-electron chi connectivity index (χ0n) is 12.7. The van der Waals surface area contributed by atoms with E-state index in [1.54, 1.807) is 0 Å². The van der Waals surface area contributed by atoms with Gasteiger partial charge in [0, 0.05) is 11.9 Å². The molecule has 0 aromatic carbocycles. The second-order valence-corrected chi connectivity index (χ2v) is 8.22. The second kappa shape index (κ2) is 6.10. The van der Waals surface area contributed by atoms with Gasteiger partial charge < -0.3 is 0 Å². The van der Waals surface area contributed by atoms with Crippen LogP contribution in [0.4, 0.5) is 0 Å². The van der Waals surface area contributed by atoms with Gasteiger partial charge in [0.2, 0.25) is 0 Å². The molecule has 0 unspecified atom stereocenters. The van der Waals surface area contributed by atoms with Gasteiger partial charge in [0.05, 0.1) is 0 Å². The van der Waals surface area contributed by atoms with Crippen molar-refractivity contribution < 1.29 is 0 Å². The van der Waals surface area contributed by atoms with E-state index in [0.717, 1.165) is 12.2 Å². The molecule has 1 heterocycles. The third-order valence-corrected chi connectivity index (χ3v) is 4.28. The summed E-state index contributed by atoms with van der Waals surface area (Å²) in [7, 11) is 0. The molecule has 2 heteroatoms. The monoisotopic (exact) mass is 265 g/mol. The highest BCUT2D eigenvalue weighted by Gasteiger charge is 2.18. The molecule has 102 valence electrons. The van der Waals surface area contributed by atoms with Crippen LogP contribution in [0.5, 0.6) is 0 Å². The average Bonchev–Trinajstić information content (AvgIpc) is 2.22. The molecule has 1 rings (SSSR count). The molecule has 0 radical (unpaired) electrons. The number of aromatic nitrogens is 1. The summed E-state index contributed by atoms with van der Waals surface area (Å²) in [5.41, 5.74) is 3.27. The van der Waals surface area contributed by atoms with E-state index in [1.165, 1.54) is 17.0 Å². The predicted octanol–water partition coefficient (Wildman–Crippen LogP) is 4.70. The summed E-state index contributed by atoms with van der Waals surface area (Å²) in [6, 6.07) is 4.27. The summed E-state index contributed by atoms with van der Waals surface area (Å²) in [6.07, 6.45) is 2.99. The normalized spacial score (nSPS) is 12.8. The Hall–Kier alpha value is -0.500. The van der Waals surface area contributed by atoms with Crippen molar-refractivity contribution in [1.82, 2.24) is 4.98 Å². The van der Waals surface area contributed by atoms with Crippen molar-refractivity contribution in [3.05, 3.63) is 29.6 Å². The summed E-state index contributed by atoms with van der Waals surface area (Å²) in [6.45, 7) is 13.7. The zero-order valence-corrected chi connectivity index (χ0v) is 13.5. The highest BCUT2D eigenvalue weighted by molar-refractivity contribution is 7.99. The molecule has 0 aliphatic rings. The number of pyridine rings is 1. The minimum Gasteiger partial charge on any atom is -0.261 e. The highest BCUT2D eigenvalue weighted by Crippen LogP contribution is 2.26. The van der Waals surface area contributed by atoms with Crippen LogP contribution in [0.15, 0.2) is 18.3 Å². The van der Waals surface area contributed by atoms with Crippen LogP contribution in [0.2, 0.25) is 0 Å². The average molecular weight is 265 g/mol. The third kappa shape index (κ3) is 5.43. The van der Waals surface area contributed by atoms with Crippen molar-refractivity contribution in [3.8, 4) is 0 Å². The molecule has 0 saturated carbocycles. The first-order valence-corrected chi connectivity index (χ1v) is 7.88. The minimum atomic E-state index is 0.193. The maximum absolute atomic E-state index is 4.57. The number of thioether (sulfide) groups is 1. The van der Waals surface area contributed by atoms with Crippen LogP contribution in [0.1, 0.15) is 52.8 Å². The molecule has 0 atom stereocenters. The number of hydrogen-bond donors (Lipinski definition) is 0. The summed E-state index contributed by atoms with van der Waals surface area (Å²) < 4.78 is 0. The molecule has 1 aromatic rings. The molecular weight excluding hydrogens is 238 g/mol. The third-order valence-electron chi connectivity index (χ3n) is 2.72. The van der Waals surface area contributed by atoms with Gasteiger partial charge in [-0.25, -0.2) is 0 Å². The number of nitrogens with zero attached hydrogens (tertiary/aromatic N) is 1. The Balaban J connectivity index is 2.58. The molecule has 1 nitrogen and oxygen atoms in total. The first kappa shape index (κ1) is 15.6. The van der Waals surface area contributed by atoms with Crippen LogP contribution in [-0.4, -0.2) is 16.5 Å². The lowest BCUT2D eigenvalue weighted by Crippen LogP contribution is -2.16. The van der Waals surface area contributed by atoms with Crippen LogP contribution in [0.25, 0.3) is 0 Å². The van der Waals surface area contributed by atoms with Crippen LogP contribution in [-0.2, 0) is 11.8 Å². The van der Waals surface area contributed by atoms with Gasteiger partial charge in [0.25, 0.3) is 0 Å². The largest absolute Gasteiger partial charge is 0.261 e. The maximum atomic E-state index is 4.57. The van der Waals surface area contributed by atoms with Gasteiger partial charge in [-0.1, -0.05) is 47.6 Å². The van der Waals surface area contributed by atoms with E-state index in [0.29, 0.717) is 5.41 Å². The first-order valence-electron chi connectivity index (χ1n) is 6.72. The lowest BCUT2D eigenvalue weighted by molar-refractivity contribution is 0.480. The lowest BCUT2D eigenvalue weighted by Gasteiger charge is -2.22. The molecule has 0 N–H and O–H groups in total.